The molecule has 0 unspecified atom stereocenters. The molecule has 0 aliphatic heterocycles. The summed E-state index contributed by atoms with van der Waals surface area (Å²) in [4.78, 5) is 13.1. The zero-order valence-electron chi connectivity index (χ0n) is 21.2. The Kier molecular flexibility index (Phi) is 8.69. The Hall–Kier alpha value is -0.410. The lowest BCUT2D eigenvalue weighted by atomic mass is 9.48. The SMILES string of the molecule is CC(C)CCC[C@H](C)[C@H]1CC[C@H]2[C@H]3CCC(=O)[C@@](C)(CCCNCCO)[C@@H]3CC[C@]12C. The summed E-state index contributed by atoms with van der Waals surface area (Å²) in [7, 11) is 0. The molecule has 0 saturated heterocycles. The lowest BCUT2D eigenvalue weighted by Crippen LogP contribution is -2.52. The van der Waals surface area contributed by atoms with Crippen molar-refractivity contribution < 1.29 is 9.90 Å². The number of carbonyl (C=O) groups excluding carboxylic acids is 1. The van der Waals surface area contributed by atoms with E-state index >= 15 is 0 Å². The first-order valence-corrected chi connectivity index (χ1v) is 13.6. The smallest absolute Gasteiger partial charge is 0.139 e. The van der Waals surface area contributed by atoms with Crippen LogP contribution in [-0.2, 0) is 4.79 Å². The van der Waals surface area contributed by atoms with Crippen molar-refractivity contribution in [2.45, 2.75) is 105 Å². The van der Waals surface area contributed by atoms with Crippen LogP contribution in [0.2, 0.25) is 0 Å². The Bertz CT molecular complexity index is 590. The maximum atomic E-state index is 13.1. The molecule has 7 atom stereocenters. The van der Waals surface area contributed by atoms with Gasteiger partial charge in [0.05, 0.1) is 6.61 Å². The Morgan fingerprint density at radius 1 is 1.00 bits per heavy atom. The maximum Gasteiger partial charge on any atom is 0.139 e. The zero-order valence-corrected chi connectivity index (χ0v) is 21.2. The van der Waals surface area contributed by atoms with E-state index in [0.717, 1.165) is 61.8 Å². The Morgan fingerprint density at radius 3 is 2.48 bits per heavy atom. The molecule has 0 radical (unpaired) electrons. The molecule has 2 N–H and O–H groups in total. The predicted molar refractivity (Wildman–Crippen MR) is 130 cm³/mol. The van der Waals surface area contributed by atoms with Crippen LogP contribution in [0.5, 0.6) is 0 Å². The second kappa shape index (κ2) is 10.7. The van der Waals surface area contributed by atoms with Crippen molar-refractivity contribution in [2.24, 2.45) is 46.3 Å². The van der Waals surface area contributed by atoms with E-state index in [1.807, 2.05) is 0 Å². The van der Waals surface area contributed by atoms with Crippen molar-refractivity contribution in [3.8, 4) is 0 Å². The third kappa shape index (κ3) is 5.24. The Labute approximate surface area is 192 Å². The number of fused-ring (bicyclic) bond motifs is 3. The van der Waals surface area contributed by atoms with Gasteiger partial charge in [-0.05, 0) is 92.4 Å². The molecule has 3 saturated carbocycles. The zero-order chi connectivity index (χ0) is 22.6. The second-order valence-corrected chi connectivity index (χ2v) is 12.4. The van der Waals surface area contributed by atoms with Crippen molar-refractivity contribution in [1.29, 1.82) is 0 Å². The molecule has 180 valence electrons. The summed E-state index contributed by atoms with van der Waals surface area (Å²) in [5, 5.41) is 12.3. The fourth-order valence-electron chi connectivity index (χ4n) is 8.41. The van der Waals surface area contributed by atoms with Crippen LogP contribution in [0, 0.1) is 46.3 Å². The summed E-state index contributed by atoms with van der Waals surface area (Å²) in [5.41, 5.74) is 0.383. The number of aliphatic hydroxyl groups excluding tert-OH is 1. The third-order valence-corrected chi connectivity index (χ3v) is 10.1. The van der Waals surface area contributed by atoms with Gasteiger partial charge in [0, 0.05) is 18.4 Å². The average molecular weight is 434 g/mol. The molecule has 3 aliphatic carbocycles. The minimum absolute atomic E-state index is 0.119. The molecule has 3 rings (SSSR count). The molecule has 0 heterocycles. The second-order valence-electron chi connectivity index (χ2n) is 12.4. The first-order valence-electron chi connectivity index (χ1n) is 13.6. The number of Topliss-reactive ketones (excluding diaryl/α,β-unsaturated/α-hetero) is 1. The van der Waals surface area contributed by atoms with Gasteiger partial charge in [-0.3, -0.25) is 4.79 Å². The molecule has 0 spiro atoms. The maximum absolute atomic E-state index is 13.1. The minimum atomic E-state index is -0.119. The molecule has 0 aromatic rings. The first kappa shape index (κ1) is 25.2. The van der Waals surface area contributed by atoms with Gasteiger partial charge >= 0.3 is 0 Å². The predicted octanol–water partition coefficient (Wildman–Crippen LogP) is 6.24. The number of hydrogen-bond acceptors (Lipinski definition) is 3. The number of carbonyl (C=O) groups is 1. The normalized spacial score (nSPS) is 38.9. The summed E-state index contributed by atoms with van der Waals surface area (Å²) >= 11 is 0. The van der Waals surface area contributed by atoms with Crippen LogP contribution < -0.4 is 5.32 Å². The molecule has 0 amide bonds. The van der Waals surface area contributed by atoms with Crippen molar-refractivity contribution in [3.05, 3.63) is 0 Å². The Morgan fingerprint density at radius 2 is 1.77 bits per heavy atom. The summed E-state index contributed by atoms with van der Waals surface area (Å²) in [6, 6.07) is 0. The Balaban J connectivity index is 1.65. The van der Waals surface area contributed by atoms with E-state index in [9.17, 15) is 4.79 Å². The van der Waals surface area contributed by atoms with Gasteiger partial charge in [0.15, 0.2) is 0 Å². The number of ketones is 1. The molecule has 0 aromatic heterocycles. The van der Waals surface area contributed by atoms with Crippen molar-refractivity contribution >= 4 is 5.78 Å². The van der Waals surface area contributed by atoms with E-state index < -0.39 is 0 Å². The molecule has 31 heavy (non-hydrogen) atoms. The minimum Gasteiger partial charge on any atom is -0.395 e. The highest BCUT2D eigenvalue weighted by Crippen LogP contribution is 2.65. The quantitative estimate of drug-likeness (QED) is 0.379. The fourth-order valence-corrected chi connectivity index (χ4v) is 8.41. The molecule has 0 aromatic carbocycles. The van der Waals surface area contributed by atoms with E-state index in [2.05, 4.69) is 39.9 Å². The number of rotatable bonds is 11. The summed E-state index contributed by atoms with van der Waals surface area (Å²) in [6.07, 6.45) is 13.6. The summed E-state index contributed by atoms with van der Waals surface area (Å²) < 4.78 is 0. The average Bonchev–Trinajstić information content (AvgIpc) is 3.07. The first-order chi connectivity index (χ1) is 14.7. The van der Waals surface area contributed by atoms with Crippen molar-refractivity contribution in [1.82, 2.24) is 5.32 Å². The standard InChI is InChI=1S/C28H51NO2/c1-20(2)8-6-9-21(3)23-11-12-24-22-10-13-26(31)28(5,15-7-17-29-18-19-30)25(22)14-16-27(23,24)4/h20-25,29-30H,6-19H2,1-5H3/t21-,22+,23+,24-,25+,27+,28-/m0/s1. The van der Waals surface area contributed by atoms with Crippen molar-refractivity contribution in [3.63, 3.8) is 0 Å². The molecule has 3 fully saturated rings. The highest BCUT2D eigenvalue weighted by atomic mass is 16.3. The molecule has 3 aliphatic rings. The van der Waals surface area contributed by atoms with Crippen molar-refractivity contribution in [2.75, 3.05) is 19.7 Å². The topological polar surface area (TPSA) is 49.3 Å². The van der Waals surface area contributed by atoms with E-state index in [4.69, 9.17) is 5.11 Å². The summed E-state index contributed by atoms with van der Waals surface area (Å²) in [6.45, 7) is 14.0. The lowest BCUT2D eigenvalue weighted by molar-refractivity contribution is -0.146. The van der Waals surface area contributed by atoms with Gasteiger partial charge < -0.3 is 10.4 Å². The monoisotopic (exact) mass is 433 g/mol. The number of hydrogen-bond donors (Lipinski definition) is 2. The van der Waals surface area contributed by atoms with Gasteiger partial charge in [-0.15, -0.1) is 0 Å². The van der Waals surface area contributed by atoms with Crippen LogP contribution in [-0.4, -0.2) is 30.6 Å². The molecule has 0 bridgehead atoms. The summed E-state index contributed by atoms with van der Waals surface area (Å²) in [5.74, 6) is 5.29. The van der Waals surface area contributed by atoms with Crippen LogP contribution in [0.25, 0.3) is 0 Å². The van der Waals surface area contributed by atoms with Gasteiger partial charge in [0.1, 0.15) is 5.78 Å². The van der Waals surface area contributed by atoms with Gasteiger partial charge in [-0.1, -0.05) is 53.9 Å². The van der Waals surface area contributed by atoms with Gasteiger partial charge in [-0.25, -0.2) is 0 Å². The van der Waals surface area contributed by atoms with Crippen LogP contribution in [0.15, 0.2) is 0 Å². The van der Waals surface area contributed by atoms with Crippen LogP contribution in [0.1, 0.15) is 105 Å². The van der Waals surface area contributed by atoms with Gasteiger partial charge in [0.25, 0.3) is 0 Å². The molecule has 3 heteroatoms. The van der Waals surface area contributed by atoms with E-state index in [1.54, 1.807) is 0 Å². The van der Waals surface area contributed by atoms with Gasteiger partial charge in [-0.2, -0.15) is 0 Å². The highest BCUT2D eigenvalue weighted by Gasteiger charge is 2.59. The van der Waals surface area contributed by atoms with Crippen LogP contribution >= 0.6 is 0 Å². The largest absolute Gasteiger partial charge is 0.395 e. The molecular weight excluding hydrogens is 382 g/mol. The van der Waals surface area contributed by atoms with E-state index in [1.165, 1.54) is 44.9 Å². The number of nitrogens with one attached hydrogen (secondary N) is 1. The lowest BCUT2D eigenvalue weighted by Gasteiger charge is -2.56. The van der Waals surface area contributed by atoms with Crippen LogP contribution in [0.3, 0.4) is 0 Å². The van der Waals surface area contributed by atoms with E-state index in [0.29, 0.717) is 23.7 Å². The van der Waals surface area contributed by atoms with E-state index in [-0.39, 0.29) is 12.0 Å². The third-order valence-electron chi connectivity index (χ3n) is 10.1. The van der Waals surface area contributed by atoms with Gasteiger partial charge in [0.2, 0.25) is 0 Å². The van der Waals surface area contributed by atoms with Crippen LogP contribution in [0.4, 0.5) is 0 Å². The number of aliphatic hydroxyl groups is 1. The highest BCUT2D eigenvalue weighted by molar-refractivity contribution is 5.85. The molecular formula is C28H51NO2. The fraction of sp³-hybridized carbons (Fsp3) is 0.964. The molecule has 3 nitrogen and oxygen atoms in total.